The number of aryl methyl sites for hydroxylation is 1. The summed E-state index contributed by atoms with van der Waals surface area (Å²) in [6.45, 7) is 4.13. The number of piperidine rings is 1. The molecule has 3 rings (SSSR count). The molecule has 0 amide bonds. The van der Waals surface area contributed by atoms with Gasteiger partial charge in [0.25, 0.3) is 0 Å². The molecule has 1 aromatic heterocycles. The SMILES string of the molecule is Cn1nc(CNCC2CCNCC2)c(-c2ccccc2)n1. The van der Waals surface area contributed by atoms with E-state index in [1.807, 2.05) is 25.2 Å². The molecule has 1 fully saturated rings. The van der Waals surface area contributed by atoms with Gasteiger partial charge in [-0.25, -0.2) is 0 Å². The summed E-state index contributed by atoms with van der Waals surface area (Å²) in [5, 5.41) is 16.0. The Morgan fingerprint density at radius 3 is 2.71 bits per heavy atom. The van der Waals surface area contributed by atoms with Gasteiger partial charge in [0, 0.05) is 19.2 Å². The van der Waals surface area contributed by atoms with E-state index < -0.39 is 0 Å². The van der Waals surface area contributed by atoms with Gasteiger partial charge in [-0.05, 0) is 38.4 Å². The third-order valence-electron chi connectivity index (χ3n) is 4.01. The highest BCUT2D eigenvalue weighted by atomic mass is 15.5. The Hall–Kier alpha value is -1.72. The molecule has 2 aromatic rings. The van der Waals surface area contributed by atoms with Crippen LogP contribution >= 0.6 is 0 Å². The minimum atomic E-state index is 0.780. The van der Waals surface area contributed by atoms with Crippen LogP contribution < -0.4 is 10.6 Å². The second kappa shape index (κ2) is 6.83. The predicted molar refractivity (Wildman–Crippen MR) is 83.7 cm³/mol. The third kappa shape index (κ3) is 3.68. The second-order valence-electron chi connectivity index (χ2n) is 5.68. The fourth-order valence-corrected chi connectivity index (χ4v) is 2.87. The molecule has 0 bridgehead atoms. The normalized spacial score (nSPS) is 16.2. The number of aromatic nitrogens is 3. The van der Waals surface area contributed by atoms with Gasteiger partial charge in [-0.3, -0.25) is 0 Å². The number of benzene rings is 1. The molecule has 2 heterocycles. The lowest BCUT2D eigenvalue weighted by molar-refractivity contribution is 0.355. The fraction of sp³-hybridized carbons (Fsp3) is 0.500. The van der Waals surface area contributed by atoms with Gasteiger partial charge in [0.2, 0.25) is 0 Å². The van der Waals surface area contributed by atoms with Crippen LogP contribution in [-0.4, -0.2) is 34.6 Å². The molecular formula is C16H23N5. The van der Waals surface area contributed by atoms with Crippen molar-refractivity contribution in [2.24, 2.45) is 13.0 Å². The van der Waals surface area contributed by atoms with Crippen molar-refractivity contribution in [1.29, 1.82) is 0 Å². The van der Waals surface area contributed by atoms with Crippen LogP contribution in [0, 0.1) is 5.92 Å². The molecule has 0 atom stereocenters. The Bertz CT molecular complexity index is 557. The van der Waals surface area contributed by atoms with Gasteiger partial charge in [-0.1, -0.05) is 30.3 Å². The highest BCUT2D eigenvalue weighted by molar-refractivity contribution is 5.60. The van der Waals surface area contributed by atoms with Crippen molar-refractivity contribution in [2.75, 3.05) is 19.6 Å². The summed E-state index contributed by atoms with van der Waals surface area (Å²) >= 11 is 0. The zero-order valence-corrected chi connectivity index (χ0v) is 12.5. The van der Waals surface area contributed by atoms with Crippen molar-refractivity contribution in [3.05, 3.63) is 36.0 Å². The van der Waals surface area contributed by atoms with Crippen LogP contribution in [-0.2, 0) is 13.6 Å². The van der Waals surface area contributed by atoms with Crippen molar-refractivity contribution >= 4 is 0 Å². The predicted octanol–water partition coefficient (Wildman–Crippen LogP) is 1.57. The Morgan fingerprint density at radius 2 is 1.95 bits per heavy atom. The highest BCUT2D eigenvalue weighted by Crippen LogP contribution is 2.19. The van der Waals surface area contributed by atoms with Crippen molar-refractivity contribution in [3.8, 4) is 11.3 Å². The van der Waals surface area contributed by atoms with E-state index in [0.29, 0.717) is 0 Å². The van der Waals surface area contributed by atoms with Gasteiger partial charge in [0.15, 0.2) is 0 Å². The van der Waals surface area contributed by atoms with E-state index in [2.05, 4.69) is 33.0 Å². The summed E-state index contributed by atoms with van der Waals surface area (Å²) in [7, 11) is 1.88. The molecule has 1 aliphatic rings. The molecule has 1 aliphatic heterocycles. The van der Waals surface area contributed by atoms with Gasteiger partial charge in [0.05, 0.1) is 0 Å². The van der Waals surface area contributed by atoms with Gasteiger partial charge in [-0.2, -0.15) is 15.0 Å². The fourth-order valence-electron chi connectivity index (χ4n) is 2.87. The van der Waals surface area contributed by atoms with Gasteiger partial charge in [-0.15, -0.1) is 0 Å². The molecule has 0 saturated carbocycles. The first-order chi connectivity index (χ1) is 10.3. The number of nitrogens with one attached hydrogen (secondary N) is 2. The lowest BCUT2D eigenvalue weighted by atomic mass is 9.98. The molecule has 0 spiro atoms. The van der Waals surface area contributed by atoms with E-state index in [9.17, 15) is 0 Å². The maximum atomic E-state index is 4.50. The zero-order valence-electron chi connectivity index (χ0n) is 12.5. The quantitative estimate of drug-likeness (QED) is 0.875. The molecule has 0 unspecified atom stereocenters. The van der Waals surface area contributed by atoms with Crippen LogP contribution in [0.5, 0.6) is 0 Å². The van der Waals surface area contributed by atoms with Crippen LogP contribution in [0.15, 0.2) is 30.3 Å². The van der Waals surface area contributed by atoms with Crippen molar-refractivity contribution in [3.63, 3.8) is 0 Å². The average Bonchev–Trinajstić information content (AvgIpc) is 2.90. The molecule has 1 aromatic carbocycles. The summed E-state index contributed by atoms with van der Waals surface area (Å²) in [6.07, 6.45) is 2.53. The van der Waals surface area contributed by atoms with Crippen molar-refractivity contribution in [1.82, 2.24) is 25.6 Å². The van der Waals surface area contributed by atoms with E-state index in [4.69, 9.17) is 0 Å². The second-order valence-corrected chi connectivity index (χ2v) is 5.68. The minimum absolute atomic E-state index is 0.780. The minimum Gasteiger partial charge on any atom is -0.317 e. The molecule has 0 radical (unpaired) electrons. The monoisotopic (exact) mass is 285 g/mol. The average molecular weight is 285 g/mol. The number of nitrogens with zero attached hydrogens (tertiary/aromatic N) is 3. The summed E-state index contributed by atoms with van der Waals surface area (Å²) in [5.74, 6) is 0.781. The molecule has 5 nitrogen and oxygen atoms in total. The summed E-state index contributed by atoms with van der Waals surface area (Å²) in [4.78, 5) is 1.66. The first-order valence-corrected chi connectivity index (χ1v) is 7.70. The molecule has 21 heavy (non-hydrogen) atoms. The lowest BCUT2D eigenvalue weighted by Crippen LogP contribution is -2.33. The largest absolute Gasteiger partial charge is 0.317 e. The Kier molecular flexibility index (Phi) is 4.62. The molecule has 112 valence electrons. The van der Waals surface area contributed by atoms with Crippen molar-refractivity contribution in [2.45, 2.75) is 19.4 Å². The van der Waals surface area contributed by atoms with Crippen molar-refractivity contribution < 1.29 is 0 Å². The Balaban J connectivity index is 1.62. The smallest absolute Gasteiger partial charge is 0.117 e. The molecule has 0 aliphatic carbocycles. The van der Waals surface area contributed by atoms with E-state index in [1.54, 1.807) is 4.80 Å². The van der Waals surface area contributed by atoms with E-state index in [0.717, 1.165) is 49.0 Å². The van der Waals surface area contributed by atoms with Crippen LogP contribution in [0.2, 0.25) is 0 Å². The number of rotatable bonds is 5. The summed E-state index contributed by atoms with van der Waals surface area (Å²) in [5.41, 5.74) is 3.14. The highest BCUT2D eigenvalue weighted by Gasteiger charge is 2.14. The molecule has 5 heteroatoms. The molecular weight excluding hydrogens is 262 g/mol. The summed E-state index contributed by atoms with van der Waals surface area (Å²) < 4.78 is 0. The molecule has 1 saturated heterocycles. The van der Waals surface area contributed by atoms with Crippen LogP contribution in [0.3, 0.4) is 0 Å². The van der Waals surface area contributed by atoms with Gasteiger partial charge >= 0.3 is 0 Å². The number of hydrogen-bond donors (Lipinski definition) is 2. The Labute approximate surface area is 125 Å². The summed E-state index contributed by atoms with van der Waals surface area (Å²) in [6, 6.07) is 10.3. The van der Waals surface area contributed by atoms with Crippen LogP contribution in [0.4, 0.5) is 0 Å². The number of hydrogen-bond acceptors (Lipinski definition) is 4. The maximum Gasteiger partial charge on any atom is 0.117 e. The van der Waals surface area contributed by atoms with E-state index >= 15 is 0 Å². The standard InChI is InChI=1S/C16H23N5/c1-21-19-15(12-18-11-13-7-9-17-10-8-13)16(20-21)14-5-3-2-4-6-14/h2-6,13,17-18H,7-12H2,1H3. The van der Waals surface area contributed by atoms with Gasteiger partial charge in [0.1, 0.15) is 11.4 Å². The van der Waals surface area contributed by atoms with E-state index in [1.165, 1.54) is 12.8 Å². The first-order valence-electron chi connectivity index (χ1n) is 7.70. The topological polar surface area (TPSA) is 54.8 Å². The van der Waals surface area contributed by atoms with Gasteiger partial charge < -0.3 is 10.6 Å². The lowest BCUT2D eigenvalue weighted by Gasteiger charge is -2.22. The maximum absolute atomic E-state index is 4.50. The first kappa shape index (κ1) is 14.2. The Morgan fingerprint density at radius 1 is 1.19 bits per heavy atom. The van der Waals surface area contributed by atoms with E-state index in [-0.39, 0.29) is 0 Å². The zero-order chi connectivity index (χ0) is 14.5. The van der Waals surface area contributed by atoms with Crippen LogP contribution in [0.25, 0.3) is 11.3 Å². The van der Waals surface area contributed by atoms with Crippen LogP contribution in [0.1, 0.15) is 18.5 Å². The third-order valence-corrected chi connectivity index (χ3v) is 4.01. The molecule has 2 N–H and O–H groups in total.